The standard InChI is InChI=1S/C8H8ClNO3S/c1-4(8(12)13)10-7(11)6-5(9)2-3-14-6/h2-4H,1H3,(H,10,11)(H,12,13). The third kappa shape index (κ3) is 2.46. The molecule has 0 spiro atoms. The van der Waals surface area contributed by atoms with E-state index < -0.39 is 17.9 Å². The van der Waals surface area contributed by atoms with Gasteiger partial charge in [-0.2, -0.15) is 0 Å². The van der Waals surface area contributed by atoms with Crippen molar-refractivity contribution in [2.24, 2.45) is 0 Å². The zero-order valence-electron chi connectivity index (χ0n) is 7.28. The summed E-state index contributed by atoms with van der Waals surface area (Å²) < 4.78 is 0. The first-order chi connectivity index (χ1) is 6.52. The second-order valence-corrected chi connectivity index (χ2v) is 3.95. The molecule has 2 N–H and O–H groups in total. The van der Waals surface area contributed by atoms with Gasteiger partial charge in [0.05, 0.1) is 5.02 Å². The van der Waals surface area contributed by atoms with E-state index in [1.165, 1.54) is 18.3 Å². The van der Waals surface area contributed by atoms with Crippen LogP contribution < -0.4 is 5.32 Å². The number of thiophene rings is 1. The summed E-state index contributed by atoms with van der Waals surface area (Å²) in [5.41, 5.74) is 0. The lowest BCUT2D eigenvalue weighted by molar-refractivity contribution is -0.138. The minimum absolute atomic E-state index is 0.333. The summed E-state index contributed by atoms with van der Waals surface area (Å²) in [6, 6.07) is 0.674. The van der Waals surface area contributed by atoms with Crippen molar-refractivity contribution in [3.8, 4) is 0 Å². The molecule has 76 valence electrons. The lowest BCUT2D eigenvalue weighted by Crippen LogP contribution is -2.38. The summed E-state index contributed by atoms with van der Waals surface area (Å²) in [5, 5.41) is 12.9. The van der Waals surface area contributed by atoms with Crippen LogP contribution in [-0.2, 0) is 4.79 Å². The number of halogens is 1. The zero-order chi connectivity index (χ0) is 10.7. The fourth-order valence-electron chi connectivity index (χ4n) is 0.780. The Balaban J connectivity index is 2.69. The first kappa shape index (κ1) is 11.0. The fourth-order valence-corrected chi connectivity index (χ4v) is 1.82. The van der Waals surface area contributed by atoms with Crippen molar-refractivity contribution < 1.29 is 14.7 Å². The number of amides is 1. The molecular weight excluding hydrogens is 226 g/mol. The van der Waals surface area contributed by atoms with E-state index in [1.54, 1.807) is 11.4 Å². The second-order valence-electron chi connectivity index (χ2n) is 2.63. The summed E-state index contributed by atoms with van der Waals surface area (Å²) in [4.78, 5) is 22.2. The van der Waals surface area contributed by atoms with E-state index in [-0.39, 0.29) is 0 Å². The summed E-state index contributed by atoms with van der Waals surface area (Å²) in [6.45, 7) is 1.39. The van der Waals surface area contributed by atoms with Gasteiger partial charge in [-0.15, -0.1) is 11.3 Å². The molecule has 0 fully saturated rings. The molecular formula is C8H8ClNO3S. The number of aliphatic carboxylic acids is 1. The molecule has 1 unspecified atom stereocenters. The quantitative estimate of drug-likeness (QED) is 0.834. The first-order valence-corrected chi connectivity index (χ1v) is 5.04. The third-order valence-corrected chi connectivity index (χ3v) is 2.88. The van der Waals surface area contributed by atoms with Gasteiger partial charge in [-0.05, 0) is 18.4 Å². The molecule has 4 nitrogen and oxygen atoms in total. The van der Waals surface area contributed by atoms with Crippen LogP contribution >= 0.6 is 22.9 Å². The predicted molar refractivity (Wildman–Crippen MR) is 53.9 cm³/mol. The molecule has 1 amide bonds. The van der Waals surface area contributed by atoms with Gasteiger partial charge in [0.25, 0.3) is 5.91 Å². The van der Waals surface area contributed by atoms with Gasteiger partial charge < -0.3 is 10.4 Å². The Labute approximate surface area is 89.5 Å². The summed E-state index contributed by atoms with van der Waals surface area (Å²) in [7, 11) is 0. The van der Waals surface area contributed by atoms with E-state index in [4.69, 9.17) is 16.7 Å². The molecule has 1 aromatic rings. The minimum atomic E-state index is -1.08. The third-order valence-electron chi connectivity index (χ3n) is 1.54. The highest BCUT2D eigenvalue weighted by Crippen LogP contribution is 2.21. The molecule has 0 saturated carbocycles. The van der Waals surface area contributed by atoms with Crippen molar-refractivity contribution in [1.82, 2.24) is 5.32 Å². The molecule has 14 heavy (non-hydrogen) atoms. The number of hydrogen-bond acceptors (Lipinski definition) is 3. The Morgan fingerprint density at radius 1 is 1.64 bits per heavy atom. The Hall–Kier alpha value is -1.07. The molecule has 1 aromatic heterocycles. The highest BCUT2D eigenvalue weighted by atomic mass is 35.5. The van der Waals surface area contributed by atoms with Gasteiger partial charge in [0.15, 0.2) is 0 Å². The number of carbonyl (C=O) groups excluding carboxylic acids is 1. The Kier molecular flexibility index (Phi) is 3.49. The van der Waals surface area contributed by atoms with Crippen LogP contribution in [0.5, 0.6) is 0 Å². The summed E-state index contributed by atoms with van der Waals surface area (Å²) in [5.74, 6) is -1.54. The Morgan fingerprint density at radius 2 is 2.29 bits per heavy atom. The van der Waals surface area contributed by atoms with Gasteiger partial charge in [-0.25, -0.2) is 0 Å². The molecule has 0 aromatic carbocycles. The van der Waals surface area contributed by atoms with Crippen LogP contribution in [0.25, 0.3) is 0 Å². The van der Waals surface area contributed by atoms with Crippen molar-refractivity contribution in [2.75, 3.05) is 0 Å². The molecule has 1 rings (SSSR count). The number of carbonyl (C=O) groups is 2. The Morgan fingerprint density at radius 3 is 2.71 bits per heavy atom. The SMILES string of the molecule is CC(NC(=O)c1sccc1Cl)C(=O)O. The molecule has 0 aliphatic carbocycles. The van der Waals surface area contributed by atoms with E-state index in [1.807, 2.05) is 0 Å². The average Bonchev–Trinajstić information content (AvgIpc) is 2.51. The number of carboxylic acid groups (broad SMARTS) is 1. The van der Waals surface area contributed by atoms with Crippen molar-refractivity contribution in [3.63, 3.8) is 0 Å². The fraction of sp³-hybridized carbons (Fsp3) is 0.250. The maximum Gasteiger partial charge on any atom is 0.325 e. The van der Waals surface area contributed by atoms with Crippen LogP contribution in [0, 0.1) is 0 Å². The first-order valence-electron chi connectivity index (χ1n) is 3.79. The van der Waals surface area contributed by atoms with Gasteiger partial charge in [0.1, 0.15) is 10.9 Å². The molecule has 0 bridgehead atoms. The molecule has 0 saturated heterocycles. The molecule has 1 heterocycles. The maximum absolute atomic E-state index is 11.4. The smallest absolute Gasteiger partial charge is 0.325 e. The maximum atomic E-state index is 11.4. The molecule has 0 aliphatic heterocycles. The summed E-state index contributed by atoms with van der Waals surface area (Å²) in [6.07, 6.45) is 0. The van der Waals surface area contributed by atoms with Gasteiger partial charge in [-0.1, -0.05) is 11.6 Å². The zero-order valence-corrected chi connectivity index (χ0v) is 8.85. The van der Waals surface area contributed by atoms with Crippen LogP contribution in [0.2, 0.25) is 5.02 Å². The minimum Gasteiger partial charge on any atom is -0.480 e. The van der Waals surface area contributed by atoms with Crippen molar-refractivity contribution in [2.45, 2.75) is 13.0 Å². The number of rotatable bonds is 3. The second kappa shape index (κ2) is 4.43. The highest BCUT2D eigenvalue weighted by molar-refractivity contribution is 7.12. The van der Waals surface area contributed by atoms with Crippen LogP contribution in [-0.4, -0.2) is 23.0 Å². The molecule has 6 heteroatoms. The number of nitrogens with one attached hydrogen (secondary N) is 1. The monoisotopic (exact) mass is 233 g/mol. The van der Waals surface area contributed by atoms with Gasteiger partial charge in [0.2, 0.25) is 0 Å². The summed E-state index contributed by atoms with van der Waals surface area (Å²) >= 11 is 6.87. The van der Waals surface area contributed by atoms with E-state index in [9.17, 15) is 9.59 Å². The molecule has 0 aliphatic rings. The normalized spacial score (nSPS) is 12.1. The van der Waals surface area contributed by atoms with E-state index in [0.29, 0.717) is 9.90 Å². The van der Waals surface area contributed by atoms with E-state index >= 15 is 0 Å². The Bertz CT molecular complexity index is 363. The lowest BCUT2D eigenvalue weighted by Gasteiger charge is -2.07. The van der Waals surface area contributed by atoms with Crippen LogP contribution in [0.3, 0.4) is 0 Å². The van der Waals surface area contributed by atoms with Crippen molar-refractivity contribution in [1.29, 1.82) is 0 Å². The van der Waals surface area contributed by atoms with Crippen LogP contribution in [0.4, 0.5) is 0 Å². The molecule has 0 radical (unpaired) electrons. The topological polar surface area (TPSA) is 66.4 Å². The lowest BCUT2D eigenvalue weighted by atomic mass is 10.3. The van der Waals surface area contributed by atoms with Crippen LogP contribution in [0.15, 0.2) is 11.4 Å². The van der Waals surface area contributed by atoms with Gasteiger partial charge >= 0.3 is 5.97 Å². The van der Waals surface area contributed by atoms with E-state index in [2.05, 4.69) is 5.32 Å². The largest absolute Gasteiger partial charge is 0.480 e. The van der Waals surface area contributed by atoms with Gasteiger partial charge in [-0.3, -0.25) is 9.59 Å². The average molecular weight is 234 g/mol. The van der Waals surface area contributed by atoms with E-state index in [0.717, 1.165) is 0 Å². The molecule has 1 atom stereocenters. The van der Waals surface area contributed by atoms with Crippen molar-refractivity contribution in [3.05, 3.63) is 21.3 Å². The highest BCUT2D eigenvalue weighted by Gasteiger charge is 2.17. The van der Waals surface area contributed by atoms with Crippen molar-refractivity contribution >= 4 is 34.8 Å². The van der Waals surface area contributed by atoms with Gasteiger partial charge in [0, 0.05) is 0 Å². The number of carboxylic acids is 1. The predicted octanol–water partition coefficient (Wildman–Crippen LogP) is 1.60. The van der Waals surface area contributed by atoms with Crippen LogP contribution in [0.1, 0.15) is 16.6 Å². The number of hydrogen-bond donors (Lipinski definition) is 2.